The Bertz CT molecular complexity index is 418. The summed E-state index contributed by atoms with van der Waals surface area (Å²) in [4.78, 5) is 20.4. The van der Waals surface area contributed by atoms with Gasteiger partial charge in [-0.3, -0.25) is 14.9 Å². The number of benzene rings is 1. The normalized spacial score (nSPS) is 10.4. The van der Waals surface area contributed by atoms with Crippen molar-refractivity contribution in [2.24, 2.45) is 0 Å². The Hall–Kier alpha value is -1.85. The molecule has 1 aromatic rings. The zero-order valence-electron chi connectivity index (χ0n) is 7.74. The first-order valence-electron chi connectivity index (χ1n) is 4.01. The van der Waals surface area contributed by atoms with E-state index in [1.165, 1.54) is 6.92 Å². The van der Waals surface area contributed by atoms with Gasteiger partial charge < -0.3 is 0 Å². The van der Waals surface area contributed by atoms with E-state index in [9.17, 15) is 23.7 Å². The molecule has 1 rings (SSSR count). The maximum atomic E-state index is 12.4. The van der Waals surface area contributed by atoms with Crippen LogP contribution in [0.2, 0.25) is 0 Å². The highest BCUT2D eigenvalue weighted by Gasteiger charge is 2.22. The van der Waals surface area contributed by atoms with Gasteiger partial charge in [0.2, 0.25) is 0 Å². The Morgan fingerprint density at radius 2 is 2.07 bits per heavy atom. The molecule has 0 radical (unpaired) electrons. The van der Waals surface area contributed by atoms with Crippen LogP contribution >= 0.6 is 0 Å². The number of halogens is 2. The van der Waals surface area contributed by atoms with Gasteiger partial charge >= 0.3 is 0 Å². The Kier molecular flexibility index (Phi) is 3.08. The number of nitro groups is 1. The molecule has 0 spiro atoms. The van der Waals surface area contributed by atoms with Crippen LogP contribution in [0.3, 0.4) is 0 Å². The first-order valence-corrected chi connectivity index (χ1v) is 4.01. The van der Waals surface area contributed by atoms with Crippen LogP contribution in [0, 0.1) is 10.1 Å². The van der Waals surface area contributed by atoms with Crippen LogP contribution in [0.5, 0.6) is 0 Å². The topological polar surface area (TPSA) is 60.2 Å². The number of rotatable bonds is 3. The maximum Gasteiger partial charge on any atom is 0.278 e. The molecule has 1 aromatic carbocycles. The van der Waals surface area contributed by atoms with Gasteiger partial charge in [-0.25, -0.2) is 8.78 Å². The van der Waals surface area contributed by atoms with E-state index in [4.69, 9.17) is 0 Å². The lowest BCUT2D eigenvalue weighted by Gasteiger charge is -2.03. The fourth-order valence-corrected chi connectivity index (χ4v) is 1.11. The predicted octanol–water partition coefficient (Wildman–Crippen LogP) is 2.74. The molecule has 6 heteroatoms. The number of carbonyl (C=O) groups is 1. The van der Waals surface area contributed by atoms with Gasteiger partial charge in [0.1, 0.15) is 0 Å². The van der Waals surface area contributed by atoms with Crippen LogP contribution < -0.4 is 0 Å². The number of hydrogen-bond acceptors (Lipinski definition) is 3. The monoisotopic (exact) mass is 215 g/mol. The number of alkyl halides is 2. The summed E-state index contributed by atoms with van der Waals surface area (Å²) in [6.07, 6.45) is -2.97. The molecule has 0 saturated carbocycles. The Morgan fingerprint density at radius 1 is 1.47 bits per heavy atom. The minimum absolute atomic E-state index is 0.0379. The highest BCUT2D eigenvalue weighted by molar-refractivity contribution is 5.94. The summed E-state index contributed by atoms with van der Waals surface area (Å²) in [6.45, 7) is 1.20. The number of nitro benzene ring substituents is 1. The van der Waals surface area contributed by atoms with Crippen molar-refractivity contribution in [1.82, 2.24) is 0 Å². The largest absolute Gasteiger partial charge is 0.295 e. The second-order valence-corrected chi connectivity index (χ2v) is 2.89. The molecule has 0 N–H and O–H groups in total. The summed E-state index contributed by atoms with van der Waals surface area (Å²) in [6, 6.07) is 2.93. The summed E-state index contributed by atoms with van der Waals surface area (Å²) in [5.74, 6) is -0.410. The third kappa shape index (κ3) is 2.34. The molecule has 0 aromatic heterocycles. The van der Waals surface area contributed by atoms with E-state index in [1.807, 2.05) is 0 Å². The first-order chi connectivity index (χ1) is 6.93. The molecule has 0 aliphatic carbocycles. The van der Waals surface area contributed by atoms with Crippen LogP contribution in [-0.2, 0) is 0 Å². The first kappa shape index (κ1) is 11.2. The molecule has 0 bridgehead atoms. The molecule has 4 nitrogen and oxygen atoms in total. The van der Waals surface area contributed by atoms with Crippen LogP contribution in [0.1, 0.15) is 29.3 Å². The van der Waals surface area contributed by atoms with Gasteiger partial charge in [0, 0.05) is 11.6 Å². The molecule has 0 heterocycles. The Balaban J connectivity index is 3.33. The molecule has 80 valence electrons. The average molecular weight is 215 g/mol. The van der Waals surface area contributed by atoms with Gasteiger partial charge in [-0.2, -0.15) is 0 Å². The second kappa shape index (κ2) is 4.12. The third-order valence-corrected chi connectivity index (χ3v) is 1.87. The van der Waals surface area contributed by atoms with Crippen molar-refractivity contribution in [3.05, 3.63) is 39.4 Å². The number of ketones is 1. The zero-order chi connectivity index (χ0) is 11.6. The lowest BCUT2D eigenvalue weighted by atomic mass is 10.1. The quantitative estimate of drug-likeness (QED) is 0.442. The van der Waals surface area contributed by atoms with Gasteiger partial charge in [0.15, 0.2) is 5.78 Å². The van der Waals surface area contributed by atoms with Gasteiger partial charge in [-0.15, -0.1) is 0 Å². The fraction of sp³-hybridized carbons (Fsp3) is 0.222. The zero-order valence-corrected chi connectivity index (χ0v) is 7.74. The lowest BCUT2D eigenvalue weighted by Crippen LogP contribution is -2.00. The average Bonchev–Trinajstić information content (AvgIpc) is 2.16. The highest BCUT2D eigenvalue weighted by atomic mass is 19.3. The molecule has 0 aliphatic heterocycles. The van der Waals surface area contributed by atoms with Crippen molar-refractivity contribution in [2.75, 3.05) is 0 Å². The van der Waals surface area contributed by atoms with Crippen molar-refractivity contribution in [1.29, 1.82) is 0 Å². The standard InChI is InChI=1S/C9H7F2NO3/c1-5(13)6-2-3-8(12(14)15)7(4-6)9(10)11/h2-4,9H,1H3. The number of Topliss-reactive ketones (excluding diaryl/α,β-unsaturated/α-hetero) is 1. The van der Waals surface area contributed by atoms with E-state index in [2.05, 4.69) is 0 Å². The van der Waals surface area contributed by atoms with Crippen molar-refractivity contribution in [2.45, 2.75) is 13.3 Å². The number of hydrogen-bond donors (Lipinski definition) is 0. The highest BCUT2D eigenvalue weighted by Crippen LogP contribution is 2.29. The molecule has 0 saturated heterocycles. The maximum absolute atomic E-state index is 12.4. The number of carbonyl (C=O) groups excluding carboxylic acids is 1. The van der Waals surface area contributed by atoms with Gasteiger partial charge in [-0.05, 0) is 19.1 Å². The van der Waals surface area contributed by atoms with E-state index in [-0.39, 0.29) is 5.56 Å². The Labute approximate surface area is 83.7 Å². The van der Waals surface area contributed by atoms with E-state index < -0.39 is 28.4 Å². The molecule has 0 unspecified atom stereocenters. The van der Waals surface area contributed by atoms with Crippen molar-refractivity contribution in [3.63, 3.8) is 0 Å². The van der Waals surface area contributed by atoms with Crippen molar-refractivity contribution in [3.8, 4) is 0 Å². The third-order valence-electron chi connectivity index (χ3n) is 1.87. The van der Waals surface area contributed by atoms with Crippen molar-refractivity contribution >= 4 is 11.5 Å². The summed E-state index contributed by atoms with van der Waals surface area (Å²) in [5, 5.41) is 10.4. The van der Waals surface area contributed by atoms with E-state index >= 15 is 0 Å². The molecule has 0 atom stereocenters. The molecule has 0 fully saturated rings. The summed E-state index contributed by atoms with van der Waals surface area (Å²) >= 11 is 0. The van der Waals surface area contributed by atoms with Crippen LogP contribution in [0.4, 0.5) is 14.5 Å². The minimum Gasteiger partial charge on any atom is -0.295 e. The van der Waals surface area contributed by atoms with Gasteiger partial charge in [0.05, 0.1) is 10.5 Å². The SMILES string of the molecule is CC(=O)c1ccc([N+](=O)[O-])c(C(F)F)c1. The minimum atomic E-state index is -2.97. The van der Waals surface area contributed by atoms with Gasteiger partial charge in [-0.1, -0.05) is 0 Å². The lowest BCUT2D eigenvalue weighted by molar-refractivity contribution is -0.386. The van der Waals surface area contributed by atoms with E-state index in [0.29, 0.717) is 0 Å². The van der Waals surface area contributed by atoms with Crippen LogP contribution in [0.15, 0.2) is 18.2 Å². The van der Waals surface area contributed by atoms with Crippen LogP contribution in [0.25, 0.3) is 0 Å². The number of nitrogens with zero attached hydrogens (tertiary/aromatic N) is 1. The second-order valence-electron chi connectivity index (χ2n) is 2.89. The summed E-state index contributed by atoms with van der Waals surface area (Å²) < 4.78 is 24.8. The molecular formula is C9H7F2NO3. The molecule has 15 heavy (non-hydrogen) atoms. The smallest absolute Gasteiger partial charge is 0.278 e. The Morgan fingerprint density at radius 3 is 2.47 bits per heavy atom. The van der Waals surface area contributed by atoms with E-state index in [1.54, 1.807) is 0 Å². The van der Waals surface area contributed by atoms with E-state index in [0.717, 1.165) is 18.2 Å². The molecule has 0 amide bonds. The summed E-state index contributed by atoms with van der Waals surface area (Å²) in [7, 11) is 0. The summed E-state index contributed by atoms with van der Waals surface area (Å²) in [5.41, 5.74) is -1.36. The van der Waals surface area contributed by atoms with Crippen LogP contribution in [-0.4, -0.2) is 10.7 Å². The van der Waals surface area contributed by atoms with Gasteiger partial charge in [0.25, 0.3) is 12.1 Å². The molecule has 0 aliphatic rings. The predicted molar refractivity (Wildman–Crippen MR) is 48.1 cm³/mol. The fourth-order valence-electron chi connectivity index (χ4n) is 1.11. The van der Waals surface area contributed by atoms with Crippen molar-refractivity contribution < 1.29 is 18.5 Å². The molecular weight excluding hydrogens is 208 g/mol.